The second-order valence-electron chi connectivity index (χ2n) is 6.08. The summed E-state index contributed by atoms with van der Waals surface area (Å²) in [6.45, 7) is 1.92. The van der Waals surface area contributed by atoms with Crippen molar-refractivity contribution >= 4 is 28.4 Å². The fourth-order valence-corrected chi connectivity index (χ4v) is 4.43. The van der Waals surface area contributed by atoms with Crippen LogP contribution in [0.1, 0.15) is 21.6 Å². The van der Waals surface area contributed by atoms with Crippen molar-refractivity contribution in [3.8, 4) is 0 Å². The van der Waals surface area contributed by atoms with Crippen LogP contribution in [0.15, 0.2) is 42.5 Å². The number of anilines is 1. The monoisotopic (exact) mass is 356 g/mol. The average Bonchev–Trinajstić information content (AvgIpc) is 2.59. The van der Waals surface area contributed by atoms with E-state index in [1.807, 2.05) is 43.5 Å². The number of hydrogen-bond acceptors (Lipinski definition) is 4. The van der Waals surface area contributed by atoms with E-state index in [0.717, 1.165) is 11.3 Å². The van der Waals surface area contributed by atoms with Crippen LogP contribution in [0.3, 0.4) is 0 Å². The van der Waals surface area contributed by atoms with E-state index in [1.54, 1.807) is 17.0 Å². The summed E-state index contributed by atoms with van der Waals surface area (Å²) in [4.78, 5) is 32.0. The normalized spacial score (nSPS) is 18.2. The van der Waals surface area contributed by atoms with Gasteiger partial charge < -0.3 is 5.11 Å². The van der Waals surface area contributed by atoms with Gasteiger partial charge in [0.25, 0.3) is 11.2 Å². The maximum absolute atomic E-state index is 13.1. The first-order valence-corrected chi connectivity index (χ1v) is 9.96. The molecule has 0 bridgehead atoms. The van der Waals surface area contributed by atoms with Crippen LogP contribution in [0.2, 0.25) is 0 Å². The number of ketones is 1. The number of carbonyl (C=O) groups is 2. The molecule has 0 spiro atoms. The van der Waals surface area contributed by atoms with Crippen LogP contribution < -0.4 is 10.0 Å². The summed E-state index contributed by atoms with van der Waals surface area (Å²) in [5.74, 6) is 0.291. The van der Waals surface area contributed by atoms with Crippen molar-refractivity contribution in [3.05, 3.63) is 59.3 Å². The highest BCUT2D eigenvalue weighted by Crippen LogP contribution is 2.31. The molecule has 2 unspecified atom stereocenters. The Labute approximate surface area is 150 Å². The van der Waals surface area contributed by atoms with Crippen molar-refractivity contribution in [2.45, 2.75) is 18.7 Å². The van der Waals surface area contributed by atoms with Gasteiger partial charge in [0.1, 0.15) is 5.82 Å². The summed E-state index contributed by atoms with van der Waals surface area (Å²) >= 11 is 0. The summed E-state index contributed by atoms with van der Waals surface area (Å²) in [7, 11) is -0.589. The van der Waals surface area contributed by atoms with Gasteiger partial charge in [-0.1, -0.05) is 36.9 Å². The van der Waals surface area contributed by atoms with Crippen LogP contribution in [0.5, 0.6) is 0 Å². The molecule has 0 radical (unpaired) electrons. The van der Waals surface area contributed by atoms with Gasteiger partial charge in [-0.2, -0.15) is 0 Å². The molecule has 0 N–H and O–H groups in total. The third-order valence-electron chi connectivity index (χ3n) is 4.26. The first-order valence-electron chi connectivity index (χ1n) is 8.09. The lowest BCUT2D eigenvalue weighted by molar-refractivity contribution is -0.360. The zero-order chi connectivity index (χ0) is 18.0. The van der Waals surface area contributed by atoms with Crippen LogP contribution >= 0.6 is 0 Å². The highest BCUT2D eigenvalue weighted by molar-refractivity contribution is 7.98. The molecule has 5 nitrogen and oxygen atoms in total. The minimum atomic E-state index is -0.783. The Hall–Kier alpha value is -2.18. The molecule has 2 heterocycles. The van der Waals surface area contributed by atoms with Gasteiger partial charge >= 0.3 is 0 Å². The third kappa shape index (κ3) is 3.45. The minimum Gasteiger partial charge on any atom is -0.851 e. The molecule has 2 atom stereocenters. The van der Waals surface area contributed by atoms with Crippen molar-refractivity contribution < 1.29 is 14.7 Å². The number of aryl methyl sites for hydroxylation is 1. The van der Waals surface area contributed by atoms with Crippen LogP contribution in [0, 0.1) is 6.92 Å². The van der Waals surface area contributed by atoms with Crippen LogP contribution in [0.4, 0.5) is 5.82 Å². The predicted octanol–water partition coefficient (Wildman–Crippen LogP) is 1.10. The van der Waals surface area contributed by atoms with Gasteiger partial charge in [0.15, 0.2) is 0 Å². The number of nitrogens with zero attached hydrogens (tertiary/aromatic N) is 2. The zero-order valence-electron chi connectivity index (χ0n) is 14.3. The van der Waals surface area contributed by atoms with Crippen molar-refractivity contribution in [2.75, 3.05) is 23.5 Å². The molecule has 25 heavy (non-hydrogen) atoms. The molecule has 2 aromatic rings. The number of amides is 1. The van der Waals surface area contributed by atoms with Gasteiger partial charge in [0, 0.05) is 16.6 Å². The molecule has 0 aliphatic carbocycles. The van der Waals surface area contributed by atoms with Crippen molar-refractivity contribution in [1.82, 2.24) is 4.98 Å². The maximum Gasteiger partial charge on any atom is 0.289 e. The number of benzene rings is 1. The first-order chi connectivity index (χ1) is 12.0. The number of aromatic nitrogens is 1. The van der Waals surface area contributed by atoms with E-state index in [0.29, 0.717) is 23.7 Å². The van der Waals surface area contributed by atoms with Crippen LogP contribution in [0.25, 0.3) is 0 Å². The number of pyridine rings is 1. The van der Waals surface area contributed by atoms with Gasteiger partial charge in [0.05, 0.1) is 24.1 Å². The van der Waals surface area contributed by atoms with E-state index < -0.39 is 16.1 Å². The number of hydrogen-bond donors (Lipinski definition) is 0. The topological polar surface area (TPSA) is 73.3 Å². The number of fused-ring (bicyclic) bond motifs is 1. The van der Waals surface area contributed by atoms with Crippen LogP contribution in [-0.4, -0.2) is 40.5 Å². The molecular weight excluding hydrogens is 336 g/mol. The van der Waals surface area contributed by atoms with Gasteiger partial charge in [-0.15, -0.1) is 0 Å². The summed E-state index contributed by atoms with van der Waals surface area (Å²) in [5.41, 5.74) is 2.19. The zero-order valence-corrected chi connectivity index (χ0v) is 15.1. The summed E-state index contributed by atoms with van der Waals surface area (Å²) in [5, 5.41) is 10.2. The molecule has 0 saturated carbocycles. The summed E-state index contributed by atoms with van der Waals surface area (Å²) in [6.07, 6.45) is 1.83. The molecule has 130 valence electrons. The fourth-order valence-electron chi connectivity index (χ4n) is 2.96. The Balaban J connectivity index is 2.05. The Morgan fingerprint density at radius 2 is 1.88 bits per heavy atom. The van der Waals surface area contributed by atoms with E-state index >= 15 is 0 Å². The molecular formula is C19H20N2O3S. The molecule has 3 rings (SSSR count). The quantitative estimate of drug-likeness (QED) is 0.594. The lowest BCUT2D eigenvalue weighted by Crippen LogP contribution is -2.52. The number of rotatable bonds is 5. The van der Waals surface area contributed by atoms with Gasteiger partial charge in [-0.25, -0.2) is 4.98 Å². The smallest absolute Gasteiger partial charge is 0.289 e. The molecule has 0 fully saturated rings. The number of carbonyl (C=O) groups excluding carboxylic acids is 2. The molecule has 1 aromatic carbocycles. The van der Waals surface area contributed by atoms with Crippen molar-refractivity contribution in [2.24, 2.45) is 0 Å². The molecule has 1 aliphatic heterocycles. The average molecular weight is 356 g/mol. The van der Waals surface area contributed by atoms with Crippen molar-refractivity contribution in [1.29, 1.82) is 0 Å². The molecule has 0 saturated heterocycles. The second-order valence-corrected chi connectivity index (χ2v) is 8.34. The van der Waals surface area contributed by atoms with E-state index in [9.17, 15) is 14.7 Å². The van der Waals surface area contributed by atoms with E-state index in [2.05, 4.69) is 4.98 Å². The second kappa shape index (κ2) is 7.37. The minimum absolute atomic E-state index is 0.212. The fraction of sp³-hybridized carbons (Fsp3) is 0.316. The highest BCUT2D eigenvalue weighted by Gasteiger charge is 2.48. The SMILES string of the molecule is Cc1ccc2c(n1)N(Cc1ccccc1)C(=O)C([S+](C)CC[O-])C2=O. The maximum atomic E-state index is 13.1. The van der Waals surface area contributed by atoms with E-state index in [4.69, 9.17) is 0 Å². The third-order valence-corrected chi connectivity index (χ3v) is 6.29. The Bertz CT molecular complexity index is 795. The van der Waals surface area contributed by atoms with Crippen molar-refractivity contribution in [3.63, 3.8) is 0 Å². The van der Waals surface area contributed by atoms with E-state index in [-0.39, 0.29) is 18.3 Å². The van der Waals surface area contributed by atoms with Gasteiger partial charge in [0.2, 0.25) is 5.78 Å². The summed E-state index contributed by atoms with van der Waals surface area (Å²) < 4.78 is 0. The number of Topliss-reactive ketones (excluding diaryl/α,β-unsaturated/α-hetero) is 1. The van der Waals surface area contributed by atoms with Crippen LogP contribution in [-0.2, 0) is 22.2 Å². The highest BCUT2D eigenvalue weighted by atomic mass is 32.2. The van der Waals surface area contributed by atoms with Gasteiger partial charge in [-0.3, -0.25) is 14.5 Å². The lowest BCUT2D eigenvalue weighted by Gasteiger charge is -2.31. The summed E-state index contributed by atoms with van der Waals surface area (Å²) in [6, 6.07) is 13.2. The lowest BCUT2D eigenvalue weighted by atomic mass is 10.0. The van der Waals surface area contributed by atoms with Gasteiger partial charge in [-0.05, 0) is 24.6 Å². The molecule has 6 heteroatoms. The standard InChI is InChI=1S/C19H20N2O3S/c1-13-8-9-15-16(23)17(25(2)11-10-22)19(24)21(18(15)20-13)12-14-6-4-3-5-7-14/h3-9,17H,10-12H2,1-2H3. The molecule has 1 aromatic heterocycles. The first kappa shape index (κ1) is 17.6. The Morgan fingerprint density at radius 3 is 2.56 bits per heavy atom. The molecule has 1 aliphatic rings. The Kier molecular flexibility index (Phi) is 5.20. The Morgan fingerprint density at radius 1 is 1.16 bits per heavy atom. The predicted molar refractivity (Wildman–Crippen MR) is 97.7 cm³/mol. The largest absolute Gasteiger partial charge is 0.851 e. The van der Waals surface area contributed by atoms with E-state index in [1.165, 1.54) is 0 Å². The molecule has 1 amide bonds.